The molecule has 0 heterocycles. The average Bonchev–Trinajstić information content (AvgIpc) is 2.30. The molecule has 0 aliphatic carbocycles. The molecule has 0 saturated heterocycles. The maximum Gasteiger partial charge on any atom is 0.0637 e. The fraction of sp³-hybridized carbons (Fsp3) is 0.143. The van der Waals surface area contributed by atoms with Crippen LogP contribution in [0.3, 0.4) is 0 Å². The van der Waals surface area contributed by atoms with Crippen molar-refractivity contribution in [3.8, 4) is 0 Å². The summed E-state index contributed by atoms with van der Waals surface area (Å²) >= 11 is 0. The molecule has 0 spiro atoms. The Morgan fingerprint density at radius 2 is 0.941 bits per heavy atom. The fourth-order valence-electron chi connectivity index (χ4n) is 1.59. The lowest BCUT2D eigenvalue weighted by atomic mass is 10.2. The van der Waals surface area contributed by atoms with Crippen molar-refractivity contribution in [1.29, 1.82) is 0 Å². The van der Waals surface area contributed by atoms with E-state index >= 15 is 0 Å². The van der Waals surface area contributed by atoms with E-state index in [0.29, 0.717) is 9.79 Å². The van der Waals surface area contributed by atoms with Gasteiger partial charge in [-0.2, -0.15) is 0 Å². The van der Waals surface area contributed by atoms with Crippen LogP contribution in [0.15, 0.2) is 58.3 Å². The van der Waals surface area contributed by atoms with E-state index in [1.54, 1.807) is 24.3 Å². The molecule has 0 saturated carbocycles. The first-order valence-corrected chi connectivity index (χ1v) is 6.96. The Morgan fingerprint density at radius 3 is 1.24 bits per heavy atom. The predicted octanol–water partition coefficient (Wildman–Crippen LogP) is 4.47. The molecule has 3 heteroatoms. The summed E-state index contributed by atoms with van der Waals surface area (Å²) in [5, 5.41) is 0. The number of rotatable bonds is 2. The summed E-state index contributed by atoms with van der Waals surface area (Å²) in [6, 6.07) is 14.6. The molecule has 0 radical (unpaired) electrons. The molecule has 90 valence electrons. The van der Waals surface area contributed by atoms with Gasteiger partial charge in [-0.3, -0.25) is 9.11 Å². The third kappa shape index (κ3) is 2.52. The lowest BCUT2D eigenvalue weighted by Crippen LogP contribution is -1.99. The zero-order valence-electron chi connectivity index (χ0n) is 9.92. The molecule has 2 nitrogen and oxygen atoms in total. The second kappa shape index (κ2) is 4.53. The van der Waals surface area contributed by atoms with E-state index in [4.69, 9.17) is 0 Å². The SMILES string of the molecule is Cc1ccc(S(O)(O)c2ccc(C)cc2)cc1. The Hall–Kier alpha value is -1.29. The van der Waals surface area contributed by atoms with Gasteiger partial charge in [-0.05, 0) is 38.1 Å². The standard InChI is InChI=1S/C14H16O2S/c1-11-3-7-13(8-4-11)17(15,16)14-9-5-12(2)6-10-14/h3-10,15-16H,1-2H3. The van der Waals surface area contributed by atoms with Gasteiger partial charge < -0.3 is 0 Å². The number of aryl methyl sites for hydroxylation is 2. The highest BCUT2D eigenvalue weighted by atomic mass is 32.3. The summed E-state index contributed by atoms with van der Waals surface area (Å²) in [7, 11) is -2.87. The van der Waals surface area contributed by atoms with Crippen molar-refractivity contribution in [3.05, 3.63) is 59.7 Å². The van der Waals surface area contributed by atoms with Gasteiger partial charge in [0.25, 0.3) is 0 Å². The highest BCUT2D eigenvalue weighted by molar-refractivity contribution is 8.24. The van der Waals surface area contributed by atoms with Crippen LogP contribution in [0, 0.1) is 13.8 Å². The van der Waals surface area contributed by atoms with E-state index in [0.717, 1.165) is 11.1 Å². The lowest BCUT2D eigenvalue weighted by Gasteiger charge is -2.32. The van der Waals surface area contributed by atoms with E-state index in [1.807, 2.05) is 38.1 Å². The zero-order valence-corrected chi connectivity index (χ0v) is 10.7. The minimum Gasteiger partial charge on any atom is -0.290 e. The molecular formula is C14H16O2S. The minimum atomic E-state index is -2.87. The Kier molecular flexibility index (Phi) is 3.24. The zero-order chi connectivity index (χ0) is 12.5. The third-order valence-electron chi connectivity index (χ3n) is 2.70. The summed E-state index contributed by atoms with van der Waals surface area (Å²) in [6.45, 7) is 3.95. The van der Waals surface area contributed by atoms with E-state index in [-0.39, 0.29) is 0 Å². The monoisotopic (exact) mass is 248 g/mol. The molecule has 0 unspecified atom stereocenters. The molecule has 2 N–H and O–H groups in total. The number of hydrogen-bond acceptors (Lipinski definition) is 2. The van der Waals surface area contributed by atoms with Gasteiger partial charge in [0.15, 0.2) is 0 Å². The van der Waals surface area contributed by atoms with Gasteiger partial charge in [0.1, 0.15) is 0 Å². The Morgan fingerprint density at radius 1 is 0.647 bits per heavy atom. The fourth-order valence-corrected chi connectivity index (χ4v) is 2.90. The Bertz CT molecular complexity index is 453. The van der Waals surface area contributed by atoms with Crippen molar-refractivity contribution in [3.63, 3.8) is 0 Å². The second-order valence-corrected chi connectivity index (χ2v) is 6.22. The van der Waals surface area contributed by atoms with Crippen molar-refractivity contribution in [2.45, 2.75) is 23.6 Å². The van der Waals surface area contributed by atoms with Crippen LogP contribution >= 0.6 is 10.6 Å². The van der Waals surface area contributed by atoms with E-state index in [2.05, 4.69) is 0 Å². The van der Waals surface area contributed by atoms with E-state index in [1.165, 1.54) is 0 Å². The first kappa shape index (κ1) is 12.2. The van der Waals surface area contributed by atoms with E-state index < -0.39 is 10.6 Å². The van der Waals surface area contributed by atoms with Gasteiger partial charge in [-0.1, -0.05) is 35.4 Å². The molecule has 0 aliphatic heterocycles. The molecule has 0 bridgehead atoms. The van der Waals surface area contributed by atoms with Crippen LogP contribution in [0.2, 0.25) is 0 Å². The lowest BCUT2D eigenvalue weighted by molar-refractivity contribution is 0.487. The molecule has 2 rings (SSSR count). The third-order valence-corrected chi connectivity index (χ3v) is 4.56. The minimum absolute atomic E-state index is 0.562. The largest absolute Gasteiger partial charge is 0.290 e. The van der Waals surface area contributed by atoms with Crippen LogP contribution in [-0.2, 0) is 0 Å². The molecule has 2 aromatic rings. The van der Waals surface area contributed by atoms with Gasteiger partial charge in [-0.25, -0.2) is 0 Å². The van der Waals surface area contributed by atoms with Gasteiger partial charge >= 0.3 is 0 Å². The summed E-state index contributed by atoms with van der Waals surface area (Å²) < 4.78 is 20.6. The average molecular weight is 248 g/mol. The summed E-state index contributed by atoms with van der Waals surface area (Å²) in [5.41, 5.74) is 2.21. The van der Waals surface area contributed by atoms with Crippen molar-refractivity contribution < 1.29 is 9.11 Å². The second-order valence-electron chi connectivity index (χ2n) is 4.17. The Balaban J connectivity index is 2.41. The molecule has 0 fully saturated rings. The molecule has 0 aliphatic rings. The van der Waals surface area contributed by atoms with Crippen LogP contribution < -0.4 is 0 Å². The van der Waals surface area contributed by atoms with Crippen molar-refractivity contribution in [2.75, 3.05) is 0 Å². The Labute approximate surface area is 103 Å². The number of hydrogen-bond donors (Lipinski definition) is 2. The maximum atomic E-state index is 10.3. The van der Waals surface area contributed by atoms with Gasteiger partial charge in [-0.15, -0.1) is 10.6 Å². The summed E-state index contributed by atoms with van der Waals surface area (Å²) in [6.07, 6.45) is 0. The molecule has 2 aromatic carbocycles. The van der Waals surface area contributed by atoms with Crippen LogP contribution in [0.1, 0.15) is 11.1 Å². The highest BCUT2D eigenvalue weighted by Crippen LogP contribution is 2.55. The molecule has 0 atom stereocenters. The molecule has 0 aromatic heterocycles. The predicted molar refractivity (Wildman–Crippen MR) is 71.7 cm³/mol. The first-order chi connectivity index (χ1) is 8.00. The quantitative estimate of drug-likeness (QED) is 0.823. The first-order valence-electron chi connectivity index (χ1n) is 5.42. The van der Waals surface area contributed by atoms with Crippen molar-refractivity contribution in [2.24, 2.45) is 0 Å². The molecule has 0 amide bonds. The van der Waals surface area contributed by atoms with Crippen LogP contribution in [0.25, 0.3) is 0 Å². The number of benzene rings is 2. The molecule has 17 heavy (non-hydrogen) atoms. The summed E-state index contributed by atoms with van der Waals surface area (Å²) in [4.78, 5) is 1.12. The smallest absolute Gasteiger partial charge is 0.0637 e. The van der Waals surface area contributed by atoms with Crippen LogP contribution in [0.4, 0.5) is 0 Å². The maximum absolute atomic E-state index is 10.3. The van der Waals surface area contributed by atoms with Gasteiger partial charge in [0.05, 0.1) is 9.79 Å². The molecular weight excluding hydrogens is 232 g/mol. The van der Waals surface area contributed by atoms with Gasteiger partial charge in [0, 0.05) is 0 Å². The van der Waals surface area contributed by atoms with E-state index in [9.17, 15) is 9.11 Å². The van der Waals surface area contributed by atoms with Crippen LogP contribution in [-0.4, -0.2) is 9.11 Å². The topological polar surface area (TPSA) is 40.5 Å². The van der Waals surface area contributed by atoms with Crippen LogP contribution in [0.5, 0.6) is 0 Å². The van der Waals surface area contributed by atoms with Gasteiger partial charge in [0.2, 0.25) is 0 Å². The normalized spacial score (nSPS) is 12.5. The highest BCUT2D eigenvalue weighted by Gasteiger charge is 2.17. The summed E-state index contributed by atoms with van der Waals surface area (Å²) in [5.74, 6) is 0. The van der Waals surface area contributed by atoms with Crippen molar-refractivity contribution in [1.82, 2.24) is 0 Å². The van der Waals surface area contributed by atoms with Crippen molar-refractivity contribution >= 4 is 10.6 Å².